The second-order valence-corrected chi connectivity index (χ2v) is 5.42. The Morgan fingerprint density at radius 3 is 2.94 bits per heavy atom. The number of rotatable bonds is 7. The Labute approximate surface area is 105 Å². The summed E-state index contributed by atoms with van der Waals surface area (Å²) in [5.41, 5.74) is 6.62. The van der Waals surface area contributed by atoms with Crippen molar-refractivity contribution in [3.8, 4) is 0 Å². The molecule has 3 heteroatoms. The highest BCUT2D eigenvalue weighted by Gasteiger charge is 2.17. The Morgan fingerprint density at radius 2 is 2.29 bits per heavy atom. The highest BCUT2D eigenvalue weighted by molar-refractivity contribution is 5.73. The molecular formula is C14H26N2O. The summed E-state index contributed by atoms with van der Waals surface area (Å²) in [4.78, 5) is 10.5. The first kappa shape index (κ1) is 14.2. The van der Waals surface area contributed by atoms with E-state index in [1.165, 1.54) is 18.4 Å². The maximum Gasteiger partial charge on any atom is 0.217 e. The number of primary amides is 1. The lowest BCUT2D eigenvalue weighted by atomic mass is 9.84. The standard InChI is InChI=1S/C14H26N2O/c1-11-7-12(2)9-13(8-11)10-16-6-4-3-5-14(15)17/h7,11,13,16H,3-6,8-10H2,1-2H3,(H2,15,17). The molecule has 17 heavy (non-hydrogen) atoms. The van der Waals surface area contributed by atoms with Gasteiger partial charge in [0.15, 0.2) is 0 Å². The van der Waals surface area contributed by atoms with Crippen LogP contribution in [0.1, 0.15) is 46.0 Å². The van der Waals surface area contributed by atoms with E-state index in [-0.39, 0.29) is 5.91 Å². The highest BCUT2D eigenvalue weighted by Crippen LogP contribution is 2.27. The third-order valence-corrected chi connectivity index (χ3v) is 3.34. The van der Waals surface area contributed by atoms with Crippen molar-refractivity contribution in [2.24, 2.45) is 17.6 Å². The molecule has 0 radical (unpaired) electrons. The second kappa shape index (κ2) is 7.49. The van der Waals surface area contributed by atoms with Crippen LogP contribution in [0, 0.1) is 11.8 Å². The monoisotopic (exact) mass is 238 g/mol. The normalized spacial score (nSPS) is 24.5. The van der Waals surface area contributed by atoms with Gasteiger partial charge < -0.3 is 11.1 Å². The van der Waals surface area contributed by atoms with Crippen LogP contribution in [0.4, 0.5) is 0 Å². The molecule has 0 aromatic rings. The van der Waals surface area contributed by atoms with Gasteiger partial charge in [-0.15, -0.1) is 0 Å². The molecule has 1 rings (SSSR count). The first-order valence-corrected chi connectivity index (χ1v) is 6.74. The molecular weight excluding hydrogens is 212 g/mol. The molecule has 98 valence electrons. The smallest absolute Gasteiger partial charge is 0.217 e. The van der Waals surface area contributed by atoms with Gasteiger partial charge in [-0.2, -0.15) is 0 Å². The van der Waals surface area contributed by atoms with Crippen molar-refractivity contribution in [1.29, 1.82) is 0 Å². The number of nitrogens with one attached hydrogen (secondary N) is 1. The molecule has 0 fully saturated rings. The molecule has 0 saturated carbocycles. The molecule has 1 amide bonds. The fourth-order valence-electron chi connectivity index (χ4n) is 2.70. The van der Waals surface area contributed by atoms with E-state index in [0.717, 1.165) is 37.8 Å². The van der Waals surface area contributed by atoms with Crippen molar-refractivity contribution in [2.75, 3.05) is 13.1 Å². The Morgan fingerprint density at radius 1 is 1.53 bits per heavy atom. The molecule has 1 aliphatic rings. The van der Waals surface area contributed by atoms with Gasteiger partial charge in [0.25, 0.3) is 0 Å². The van der Waals surface area contributed by atoms with E-state index in [1.54, 1.807) is 0 Å². The zero-order chi connectivity index (χ0) is 12.7. The van der Waals surface area contributed by atoms with E-state index in [2.05, 4.69) is 25.2 Å². The maximum absolute atomic E-state index is 10.5. The first-order chi connectivity index (χ1) is 8.08. The first-order valence-electron chi connectivity index (χ1n) is 6.74. The lowest BCUT2D eigenvalue weighted by molar-refractivity contribution is -0.118. The van der Waals surface area contributed by atoms with Crippen molar-refractivity contribution in [3.05, 3.63) is 11.6 Å². The number of allylic oxidation sites excluding steroid dienone is 2. The lowest BCUT2D eigenvalue weighted by Crippen LogP contribution is -2.27. The quantitative estimate of drug-likeness (QED) is 0.528. The minimum atomic E-state index is -0.188. The van der Waals surface area contributed by atoms with Crippen LogP contribution >= 0.6 is 0 Å². The fraction of sp³-hybridized carbons (Fsp3) is 0.786. The van der Waals surface area contributed by atoms with Gasteiger partial charge in [-0.1, -0.05) is 18.6 Å². The Balaban J connectivity index is 2.03. The summed E-state index contributed by atoms with van der Waals surface area (Å²) in [5.74, 6) is 1.32. The van der Waals surface area contributed by atoms with Gasteiger partial charge in [-0.05, 0) is 57.5 Å². The van der Waals surface area contributed by atoms with Crippen LogP contribution in [0.5, 0.6) is 0 Å². The van der Waals surface area contributed by atoms with E-state index in [9.17, 15) is 4.79 Å². The zero-order valence-corrected chi connectivity index (χ0v) is 11.2. The predicted octanol–water partition coefficient (Wildman–Crippen LogP) is 2.22. The van der Waals surface area contributed by atoms with Crippen LogP contribution in [0.2, 0.25) is 0 Å². The Bertz CT molecular complexity index is 273. The molecule has 0 aromatic carbocycles. The molecule has 0 aliphatic heterocycles. The summed E-state index contributed by atoms with van der Waals surface area (Å²) < 4.78 is 0. The van der Waals surface area contributed by atoms with Crippen molar-refractivity contribution in [3.63, 3.8) is 0 Å². The number of hydrogen-bond acceptors (Lipinski definition) is 2. The van der Waals surface area contributed by atoms with Crippen LogP contribution < -0.4 is 11.1 Å². The highest BCUT2D eigenvalue weighted by atomic mass is 16.1. The predicted molar refractivity (Wildman–Crippen MR) is 71.6 cm³/mol. The van der Waals surface area contributed by atoms with Crippen LogP contribution in [0.3, 0.4) is 0 Å². The summed E-state index contributed by atoms with van der Waals surface area (Å²) in [7, 11) is 0. The van der Waals surface area contributed by atoms with E-state index in [0.29, 0.717) is 6.42 Å². The molecule has 0 heterocycles. The fourth-order valence-corrected chi connectivity index (χ4v) is 2.70. The van der Waals surface area contributed by atoms with E-state index < -0.39 is 0 Å². The van der Waals surface area contributed by atoms with Crippen molar-refractivity contribution in [2.45, 2.75) is 46.0 Å². The van der Waals surface area contributed by atoms with Crippen LogP contribution in [0.15, 0.2) is 11.6 Å². The van der Waals surface area contributed by atoms with Gasteiger partial charge in [0.2, 0.25) is 5.91 Å². The van der Waals surface area contributed by atoms with Gasteiger partial charge in [0.1, 0.15) is 0 Å². The molecule has 3 N–H and O–H groups in total. The summed E-state index contributed by atoms with van der Waals surface area (Å²) in [6, 6.07) is 0. The van der Waals surface area contributed by atoms with Crippen LogP contribution in [-0.2, 0) is 4.79 Å². The number of carbonyl (C=O) groups is 1. The van der Waals surface area contributed by atoms with Gasteiger partial charge in [0.05, 0.1) is 0 Å². The molecule has 0 aromatic heterocycles. The number of amides is 1. The van der Waals surface area contributed by atoms with Gasteiger partial charge in [-0.25, -0.2) is 0 Å². The SMILES string of the molecule is CC1=CC(C)CC(CNCCCCC(N)=O)C1. The second-order valence-electron chi connectivity index (χ2n) is 5.42. The minimum absolute atomic E-state index is 0.188. The number of nitrogens with two attached hydrogens (primary N) is 1. The number of unbranched alkanes of at least 4 members (excludes halogenated alkanes) is 1. The summed E-state index contributed by atoms with van der Waals surface area (Å²) in [6.07, 6.45) is 7.39. The molecule has 0 spiro atoms. The third-order valence-electron chi connectivity index (χ3n) is 3.34. The van der Waals surface area contributed by atoms with Gasteiger partial charge in [0, 0.05) is 6.42 Å². The summed E-state index contributed by atoms with van der Waals surface area (Å²) in [6.45, 7) is 6.63. The largest absolute Gasteiger partial charge is 0.370 e. The average Bonchev–Trinajstić information content (AvgIpc) is 2.21. The van der Waals surface area contributed by atoms with Crippen molar-refractivity contribution in [1.82, 2.24) is 5.32 Å². The Hall–Kier alpha value is -0.830. The van der Waals surface area contributed by atoms with Gasteiger partial charge >= 0.3 is 0 Å². The topological polar surface area (TPSA) is 55.1 Å². The number of carbonyl (C=O) groups excluding carboxylic acids is 1. The van der Waals surface area contributed by atoms with Crippen LogP contribution in [0.25, 0.3) is 0 Å². The summed E-state index contributed by atoms with van der Waals surface area (Å²) in [5, 5.41) is 3.49. The van der Waals surface area contributed by atoms with E-state index >= 15 is 0 Å². The van der Waals surface area contributed by atoms with Crippen molar-refractivity contribution < 1.29 is 4.79 Å². The van der Waals surface area contributed by atoms with Gasteiger partial charge in [-0.3, -0.25) is 4.79 Å². The number of hydrogen-bond donors (Lipinski definition) is 2. The molecule has 0 bridgehead atoms. The van der Waals surface area contributed by atoms with E-state index in [4.69, 9.17) is 5.73 Å². The molecule has 1 aliphatic carbocycles. The van der Waals surface area contributed by atoms with Crippen molar-refractivity contribution >= 4 is 5.91 Å². The minimum Gasteiger partial charge on any atom is -0.370 e. The van der Waals surface area contributed by atoms with E-state index in [1.807, 2.05) is 0 Å². The molecule has 0 saturated heterocycles. The molecule has 2 atom stereocenters. The average molecular weight is 238 g/mol. The lowest BCUT2D eigenvalue weighted by Gasteiger charge is -2.25. The molecule has 3 nitrogen and oxygen atoms in total. The summed E-state index contributed by atoms with van der Waals surface area (Å²) >= 11 is 0. The zero-order valence-electron chi connectivity index (χ0n) is 11.2. The van der Waals surface area contributed by atoms with Crippen LogP contribution in [-0.4, -0.2) is 19.0 Å². The maximum atomic E-state index is 10.5. The Kier molecular flexibility index (Phi) is 6.27. The molecule has 2 unspecified atom stereocenters. The third kappa shape index (κ3) is 6.47.